The molecule has 0 fully saturated rings. The third-order valence-electron chi connectivity index (χ3n) is 3.38. The number of anilines is 1. The van der Waals surface area contributed by atoms with Gasteiger partial charge in [0.05, 0.1) is 17.3 Å². The minimum Gasteiger partial charge on any atom is -0.494 e. The molecular weight excluding hydrogens is 377 g/mol. The Morgan fingerprint density at radius 2 is 1.81 bits per heavy atom. The maximum atomic E-state index is 11.8. The molecule has 2 rings (SSSR count). The van der Waals surface area contributed by atoms with Gasteiger partial charge in [-0.2, -0.15) is 0 Å². The van der Waals surface area contributed by atoms with Crippen molar-refractivity contribution in [1.29, 1.82) is 0 Å². The molecule has 0 radical (unpaired) electrons. The normalized spacial score (nSPS) is 10.3. The Morgan fingerprint density at radius 1 is 1.08 bits per heavy atom. The number of halogens is 2. The monoisotopic (exact) mass is 395 g/mol. The molecule has 0 aliphatic heterocycles. The summed E-state index contributed by atoms with van der Waals surface area (Å²) >= 11 is 11.8. The number of carbonyl (C=O) groups excluding carboxylic acids is 2. The number of nitrogens with one attached hydrogen (secondary N) is 1. The molecule has 5 nitrogen and oxygen atoms in total. The SMILES string of the molecule is Cc1ccc(OCCCC(=O)OCC(=O)Nc2cc(Cl)ccc2Cl)cc1. The summed E-state index contributed by atoms with van der Waals surface area (Å²) in [7, 11) is 0. The summed E-state index contributed by atoms with van der Waals surface area (Å²) in [5.74, 6) is -0.204. The van der Waals surface area contributed by atoms with Gasteiger partial charge in [0.15, 0.2) is 6.61 Å². The number of amides is 1. The second-order valence-electron chi connectivity index (χ2n) is 5.60. The van der Waals surface area contributed by atoms with E-state index in [2.05, 4.69) is 5.32 Å². The van der Waals surface area contributed by atoms with Crippen LogP contribution >= 0.6 is 23.2 Å². The van der Waals surface area contributed by atoms with Gasteiger partial charge < -0.3 is 14.8 Å². The van der Waals surface area contributed by atoms with E-state index in [9.17, 15) is 9.59 Å². The summed E-state index contributed by atoms with van der Waals surface area (Å²) in [4.78, 5) is 23.5. The van der Waals surface area contributed by atoms with Crippen LogP contribution in [0, 0.1) is 6.92 Å². The van der Waals surface area contributed by atoms with Gasteiger partial charge in [-0.3, -0.25) is 9.59 Å². The van der Waals surface area contributed by atoms with Crippen LogP contribution in [-0.2, 0) is 14.3 Å². The molecule has 0 spiro atoms. The lowest BCUT2D eigenvalue weighted by Gasteiger charge is -2.09. The van der Waals surface area contributed by atoms with Gasteiger partial charge in [-0.1, -0.05) is 40.9 Å². The molecule has 0 saturated carbocycles. The molecule has 1 N–H and O–H groups in total. The number of carbonyl (C=O) groups is 2. The molecule has 138 valence electrons. The summed E-state index contributed by atoms with van der Waals surface area (Å²) in [5, 5.41) is 3.33. The van der Waals surface area contributed by atoms with E-state index < -0.39 is 11.9 Å². The second kappa shape index (κ2) is 10.0. The van der Waals surface area contributed by atoms with Gasteiger partial charge in [0.1, 0.15) is 5.75 Å². The lowest BCUT2D eigenvalue weighted by molar-refractivity contribution is -0.147. The molecule has 0 aliphatic carbocycles. The maximum Gasteiger partial charge on any atom is 0.306 e. The zero-order valence-electron chi connectivity index (χ0n) is 14.3. The van der Waals surface area contributed by atoms with E-state index in [0.717, 1.165) is 11.3 Å². The Morgan fingerprint density at radius 3 is 2.54 bits per heavy atom. The first-order valence-electron chi connectivity index (χ1n) is 8.04. The van der Waals surface area contributed by atoms with Gasteiger partial charge in [0.2, 0.25) is 0 Å². The molecule has 0 atom stereocenters. The maximum absolute atomic E-state index is 11.8. The van der Waals surface area contributed by atoms with E-state index >= 15 is 0 Å². The molecule has 0 bridgehead atoms. The summed E-state index contributed by atoms with van der Waals surface area (Å²) in [5.41, 5.74) is 1.52. The molecule has 2 aromatic rings. The average Bonchev–Trinajstić information content (AvgIpc) is 2.61. The van der Waals surface area contributed by atoms with Crippen molar-refractivity contribution in [3.8, 4) is 5.75 Å². The molecule has 0 saturated heterocycles. The van der Waals surface area contributed by atoms with Crippen molar-refractivity contribution in [1.82, 2.24) is 0 Å². The van der Waals surface area contributed by atoms with Crippen molar-refractivity contribution in [2.24, 2.45) is 0 Å². The van der Waals surface area contributed by atoms with E-state index in [1.54, 1.807) is 12.1 Å². The van der Waals surface area contributed by atoms with Gasteiger partial charge >= 0.3 is 5.97 Å². The van der Waals surface area contributed by atoms with Gasteiger partial charge in [-0.15, -0.1) is 0 Å². The fourth-order valence-corrected chi connectivity index (χ4v) is 2.38. The smallest absolute Gasteiger partial charge is 0.306 e. The van der Waals surface area contributed by atoms with Crippen molar-refractivity contribution < 1.29 is 19.1 Å². The molecular formula is C19H19Cl2NO4. The highest BCUT2D eigenvalue weighted by molar-refractivity contribution is 6.35. The number of esters is 1. The molecule has 2 aromatic carbocycles. The van der Waals surface area contributed by atoms with Crippen LogP contribution in [-0.4, -0.2) is 25.1 Å². The number of rotatable bonds is 8. The fourth-order valence-electron chi connectivity index (χ4n) is 2.04. The molecule has 7 heteroatoms. The van der Waals surface area contributed by atoms with Crippen LogP contribution < -0.4 is 10.1 Å². The average molecular weight is 396 g/mol. The molecule has 0 heterocycles. The number of ether oxygens (including phenoxy) is 2. The van der Waals surface area contributed by atoms with Crippen molar-refractivity contribution >= 4 is 40.8 Å². The highest BCUT2D eigenvalue weighted by Gasteiger charge is 2.10. The third kappa shape index (κ3) is 6.94. The predicted octanol–water partition coefficient (Wildman–Crippen LogP) is 4.64. The molecule has 0 aliphatic rings. The van der Waals surface area contributed by atoms with Crippen LogP contribution in [0.2, 0.25) is 10.0 Å². The van der Waals surface area contributed by atoms with Crippen LogP contribution in [0.3, 0.4) is 0 Å². The molecule has 0 unspecified atom stereocenters. The minimum atomic E-state index is -0.488. The largest absolute Gasteiger partial charge is 0.494 e. The molecule has 26 heavy (non-hydrogen) atoms. The Kier molecular flexibility index (Phi) is 7.75. The number of benzene rings is 2. The van der Waals surface area contributed by atoms with E-state index in [0.29, 0.717) is 28.8 Å². The second-order valence-corrected chi connectivity index (χ2v) is 6.44. The molecule has 1 amide bonds. The lowest BCUT2D eigenvalue weighted by Crippen LogP contribution is -2.21. The Hall–Kier alpha value is -2.24. The minimum absolute atomic E-state index is 0.164. The van der Waals surface area contributed by atoms with E-state index in [1.807, 2.05) is 31.2 Å². The van der Waals surface area contributed by atoms with Crippen molar-refractivity contribution in [3.63, 3.8) is 0 Å². The van der Waals surface area contributed by atoms with E-state index in [-0.39, 0.29) is 13.0 Å². The van der Waals surface area contributed by atoms with Crippen LogP contribution in [0.1, 0.15) is 18.4 Å². The highest BCUT2D eigenvalue weighted by Crippen LogP contribution is 2.25. The Balaban J connectivity index is 1.64. The number of hydrogen-bond acceptors (Lipinski definition) is 4. The first kappa shape index (κ1) is 20.1. The standard InChI is InChI=1S/C19H19Cl2NO4/c1-13-4-7-15(8-5-13)25-10-2-3-19(24)26-12-18(23)22-17-11-14(20)6-9-16(17)21/h4-9,11H,2-3,10,12H2,1H3,(H,22,23). The molecule has 0 aromatic heterocycles. The van der Waals surface area contributed by atoms with Crippen molar-refractivity contribution in [3.05, 3.63) is 58.1 Å². The first-order valence-corrected chi connectivity index (χ1v) is 8.79. The summed E-state index contributed by atoms with van der Waals surface area (Å²) in [6, 6.07) is 12.4. The zero-order valence-corrected chi connectivity index (χ0v) is 15.8. The van der Waals surface area contributed by atoms with Crippen LogP contribution in [0.25, 0.3) is 0 Å². The summed E-state index contributed by atoms with van der Waals surface area (Å²) < 4.78 is 10.5. The Bertz CT molecular complexity index is 763. The van der Waals surface area contributed by atoms with Gasteiger partial charge in [-0.05, 0) is 43.7 Å². The zero-order chi connectivity index (χ0) is 18.9. The van der Waals surface area contributed by atoms with E-state index in [1.165, 1.54) is 6.07 Å². The predicted molar refractivity (Wildman–Crippen MR) is 102 cm³/mol. The van der Waals surface area contributed by atoms with Crippen molar-refractivity contribution in [2.45, 2.75) is 19.8 Å². The van der Waals surface area contributed by atoms with Gasteiger partial charge in [0, 0.05) is 11.4 Å². The van der Waals surface area contributed by atoms with Gasteiger partial charge in [-0.25, -0.2) is 0 Å². The third-order valence-corrected chi connectivity index (χ3v) is 3.95. The summed E-state index contributed by atoms with van der Waals surface area (Å²) in [6.07, 6.45) is 0.658. The summed E-state index contributed by atoms with van der Waals surface area (Å²) in [6.45, 7) is 2.00. The quantitative estimate of drug-likeness (QED) is 0.522. The van der Waals surface area contributed by atoms with Crippen LogP contribution in [0.4, 0.5) is 5.69 Å². The van der Waals surface area contributed by atoms with Crippen molar-refractivity contribution in [2.75, 3.05) is 18.5 Å². The van der Waals surface area contributed by atoms with E-state index in [4.69, 9.17) is 32.7 Å². The highest BCUT2D eigenvalue weighted by atomic mass is 35.5. The lowest BCUT2D eigenvalue weighted by atomic mass is 10.2. The van der Waals surface area contributed by atoms with Crippen LogP contribution in [0.5, 0.6) is 5.75 Å². The Labute approximate surface area is 162 Å². The first-order chi connectivity index (χ1) is 12.4. The van der Waals surface area contributed by atoms with Crippen LogP contribution in [0.15, 0.2) is 42.5 Å². The van der Waals surface area contributed by atoms with Gasteiger partial charge in [0.25, 0.3) is 5.91 Å². The number of hydrogen-bond donors (Lipinski definition) is 1. The topological polar surface area (TPSA) is 64.6 Å². The number of aryl methyl sites for hydroxylation is 1. The fraction of sp³-hybridized carbons (Fsp3) is 0.263.